The molecule has 0 unspecified atom stereocenters. The molecule has 1 amide bonds. The quantitative estimate of drug-likeness (QED) is 0.812. The summed E-state index contributed by atoms with van der Waals surface area (Å²) in [4.78, 5) is 18.5. The second-order valence-corrected chi connectivity index (χ2v) is 7.03. The number of aromatic nitrogens is 1. The molecule has 122 valence electrons. The normalized spacial score (nSPS) is 14.4. The largest absolute Gasteiger partial charge is 0.441 e. The monoisotopic (exact) mass is 350 g/mol. The minimum absolute atomic E-state index is 0.226. The topological polar surface area (TPSA) is 46.3 Å². The number of hydrogen-bond donors (Lipinski definition) is 0. The maximum atomic E-state index is 12.0. The van der Waals surface area contributed by atoms with Gasteiger partial charge in [0.2, 0.25) is 11.8 Å². The Bertz CT molecular complexity index is 696. The summed E-state index contributed by atoms with van der Waals surface area (Å²) in [5.41, 5.74) is 1.75. The number of nitrogens with zero attached hydrogens (tertiary/aromatic N) is 2. The molecule has 1 aromatic carbocycles. The molecule has 0 spiro atoms. The SMILES string of the molecule is Cc1oc(-c2cccc(Cl)c2)nc1CSCC(=O)N1CCCC1. The standard InChI is InChI=1S/C17H19ClN2O2S/c1-12-15(10-23-11-16(21)20-7-2-3-8-20)19-17(22-12)13-5-4-6-14(18)9-13/h4-6,9H,2-3,7-8,10-11H2,1H3. The first-order chi connectivity index (χ1) is 11.1. The van der Waals surface area contributed by atoms with Gasteiger partial charge in [0.25, 0.3) is 0 Å². The molecule has 6 heteroatoms. The van der Waals surface area contributed by atoms with Gasteiger partial charge in [-0.05, 0) is 38.0 Å². The molecule has 2 heterocycles. The van der Waals surface area contributed by atoms with E-state index in [9.17, 15) is 4.79 Å². The van der Waals surface area contributed by atoms with Crippen molar-refractivity contribution in [1.82, 2.24) is 9.88 Å². The summed E-state index contributed by atoms with van der Waals surface area (Å²) in [5, 5.41) is 0.658. The minimum Gasteiger partial charge on any atom is -0.441 e. The molecule has 4 nitrogen and oxygen atoms in total. The predicted molar refractivity (Wildman–Crippen MR) is 93.7 cm³/mol. The van der Waals surface area contributed by atoms with Crippen molar-refractivity contribution in [2.75, 3.05) is 18.8 Å². The summed E-state index contributed by atoms with van der Waals surface area (Å²) in [6, 6.07) is 7.45. The number of carbonyl (C=O) groups is 1. The predicted octanol–water partition coefficient (Wildman–Crippen LogP) is 4.16. The van der Waals surface area contributed by atoms with Crippen molar-refractivity contribution in [2.24, 2.45) is 0 Å². The molecular weight excluding hydrogens is 332 g/mol. The van der Waals surface area contributed by atoms with Gasteiger partial charge in [0.05, 0.1) is 11.4 Å². The highest BCUT2D eigenvalue weighted by atomic mass is 35.5. The van der Waals surface area contributed by atoms with E-state index in [-0.39, 0.29) is 5.91 Å². The number of hydrogen-bond acceptors (Lipinski definition) is 4. The second-order valence-electron chi connectivity index (χ2n) is 5.61. The van der Waals surface area contributed by atoms with Crippen LogP contribution in [0.1, 0.15) is 24.3 Å². The van der Waals surface area contributed by atoms with Crippen molar-refractivity contribution in [2.45, 2.75) is 25.5 Å². The van der Waals surface area contributed by atoms with E-state index in [4.69, 9.17) is 16.0 Å². The third kappa shape index (κ3) is 4.09. The lowest BCUT2D eigenvalue weighted by Gasteiger charge is -2.14. The molecule has 23 heavy (non-hydrogen) atoms. The van der Waals surface area contributed by atoms with Gasteiger partial charge in [0.15, 0.2) is 0 Å². The van der Waals surface area contributed by atoms with E-state index in [0.29, 0.717) is 22.4 Å². The van der Waals surface area contributed by atoms with Crippen molar-refractivity contribution in [1.29, 1.82) is 0 Å². The first-order valence-corrected chi connectivity index (χ1v) is 9.24. The van der Waals surface area contributed by atoms with Crippen LogP contribution in [0, 0.1) is 6.92 Å². The van der Waals surface area contributed by atoms with Gasteiger partial charge in [-0.3, -0.25) is 4.79 Å². The number of rotatable bonds is 5. The van der Waals surface area contributed by atoms with Gasteiger partial charge < -0.3 is 9.32 Å². The van der Waals surface area contributed by atoms with Gasteiger partial charge in [-0.2, -0.15) is 0 Å². The number of carbonyl (C=O) groups excluding carboxylic acids is 1. The van der Waals surface area contributed by atoms with Gasteiger partial charge in [-0.25, -0.2) is 4.98 Å². The number of likely N-dealkylation sites (tertiary alicyclic amines) is 1. The van der Waals surface area contributed by atoms with Crippen LogP contribution in [0.25, 0.3) is 11.5 Å². The van der Waals surface area contributed by atoms with Crippen LogP contribution in [-0.4, -0.2) is 34.6 Å². The summed E-state index contributed by atoms with van der Waals surface area (Å²) >= 11 is 7.59. The third-order valence-electron chi connectivity index (χ3n) is 3.89. The fourth-order valence-electron chi connectivity index (χ4n) is 2.60. The lowest BCUT2D eigenvalue weighted by molar-refractivity contribution is -0.127. The molecule has 1 aliphatic rings. The molecule has 0 bridgehead atoms. The lowest BCUT2D eigenvalue weighted by Crippen LogP contribution is -2.29. The maximum Gasteiger partial charge on any atom is 0.232 e. The van der Waals surface area contributed by atoms with E-state index in [2.05, 4.69) is 4.98 Å². The molecule has 0 N–H and O–H groups in total. The first-order valence-electron chi connectivity index (χ1n) is 7.71. The van der Waals surface area contributed by atoms with Crippen LogP contribution in [0.4, 0.5) is 0 Å². The number of benzene rings is 1. The van der Waals surface area contributed by atoms with Crippen molar-refractivity contribution in [3.05, 3.63) is 40.7 Å². The summed E-state index contributed by atoms with van der Waals surface area (Å²) < 4.78 is 5.73. The molecule has 0 atom stereocenters. The first kappa shape index (κ1) is 16.4. The van der Waals surface area contributed by atoms with Crippen LogP contribution in [-0.2, 0) is 10.5 Å². The highest BCUT2D eigenvalue weighted by Crippen LogP contribution is 2.26. The van der Waals surface area contributed by atoms with Crippen LogP contribution in [0.5, 0.6) is 0 Å². The fraction of sp³-hybridized carbons (Fsp3) is 0.412. The number of thioether (sulfide) groups is 1. The molecular formula is C17H19ClN2O2S. The van der Waals surface area contributed by atoms with Crippen molar-refractivity contribution in [3.63, 3.8) is 0 Å². The van der Waals surface area contributed by atoms with E-state index < -0.39 is 0 Å². The lowest BCUT2D eigenvalue weighted by atomic mass is 10.2. The molecule has 2 aromatic rings. The molecule has 1 aliphatic heterocycles. The van der Waals surface area contributed by atoms with Gasteiger partial charge >= 0.3 is 0 Å². The van der Waals surface area contributed by atoms with E-state index in [1.165, 1.54) is 0 Å². The van der Waals surface area contributed by atoms with Crippen LogP contribution < -0.4 is 0 Å². The smallest absolute Gasteiger partial charge is 0.232 e. The van der Waals surface area contributed by atoms with Crippen LogP contribution in [0.15, 0.2) is 28.7 Å². The van der Waals surface area contributed by atoms with Crippen LogP contribution >= 0.6 is 23.4 Å². The Morgan fingerprint density at radius 3 is 2.91 bits per heavy atom. The summed E-state index contributed by atoms with van der Waals surface area (Å²) in [6.07, 6.45) is 2.25. The zero-order chi connectivity index (χ0) is 16.2. The van der Waals surface area contributed by atoms with E-state index in [1.807, 2.05) is 36.1 Å². The second kappa shape index (κ2) is 7.41. The molecule has 1 saturated heterocycles. The van der Waals surface area contributed by atoms with Gasteiger partial charge in [0.1, 0.15) is 5.76 Å². The van der Waals surface area contributed by atoms with Crippen molar-refractivity contribution in [3.8, 4) is 11.5 Å². The Kier molecular flexibility index (Phi) is 5.28. The molecule has 0 radical (unpaired) electrons. The third-order valence-corrected chi connectivity index (χ3v) is 5.05. The molecule has 1 fully saturated rings. The number of amides is 1. The zero-order valence-electron chi connectivity index (χ0n) is 13.0. The number of aryl methyl sites for hydroxylation is 1. The fourth-order valence-corrected chi connectivity index (χ4v) is 3.71. The molecule has 0 saturated carbocycles. The van der Waals surface area contributed by atoms with Crippen molar-refractivity contribution >= 4 is 29.3 Å². The Morgan fingerprint density at radius 2 is 2.17 bits per heavy atom. The maximum absolute atomic E-state index is 12.0. The summed E-state index contributed by atoms with van der Waals surface area (Å²) in [6.45, 7) is 3.71. The van der Waals surface area contributed by atoms with Crippen LogP contribution in [0.3, 0.4) is 0 Å². The number of oxazole rings is 1. The Hall–Kier alpha value is -1.46. The van der Waals surface area contributed by atoms with Gasteiger partial charge in [-0.1, -0.05) is 17.7 Å². The number of halogens is 1. The highest BCUT2D eigenvalue weighted by molar-refractivity contribution is 7.99. The molecule has 0 aliphatic carbocycles. The molecule has 1 aromatic heterocycles. The Labute approximate surface area is 145 Å². The van der Waals surface area contributed by atoms with E-state index >= 15 is 0 Å². The summed E-state index contributed by atoms with van der Waals surface area (Å²) in [5.74, 6) is 2.77. The molecule has 3 rings (SSSR count). The van der Waals surface area contributed by atoms with Crippen LogP contribution in [0.2, 0.25) is 5.02 Å². The summed E-state index contributed by atoms with van der Waals surface area (Å²) in [7, 11) is 0. The van der Waals surface area contributed by atoms with Gasteiger partial charge in [-0.15, -0.1) is 11.8 Å². The zero-order valence-corrected chi connectivity index (χ0v) is 14.6. The Balaban J connectivity index is 1.59. The van der Waals surface area contributed by atoms with E-state index in [1.54, 1.807) is 11.8 Å². The van der Waals surface area contributed by atoms with Gasteiger partial charge in [0, 0.05) is 29.4 Å². The van der Waals surface area contributed by atoms with Crippen molar-refractivity contribution < 1.29 is 9.21 Å². The average Bonchev–Trinajstić information content (AvgIpc) is 3.18. The minimum atomic E-state index is 0.226. The highest BCUT2D eigenvalue weighted by Gasteiger charge is 2.18. The average molecular weight is 351 g/mol. The van der Waals surface area contributed by atoms with E-state index in [0.717, 1.165) is 42.9 Å². The Morgan fingerprint density at radius 1 is 1.39 bits per heavy atom.